The van der Waals surface area contributed by atoms with Gasteiger partial charge in [0.05, 0.1) is 7.11 Å². The van der Waals surface area contributed by atoms with E-state index in [9.17, 15) is 9.59 Å². The van der Waals surface area contributed by atoms with Gasteiger partial charge in [0.2, 0.25) is 0 Å². The second-order valence-corrected chi connectivity index (χ2v) is 2.69. The lowest BCUT2D eigenvalue weighted by Crippen LogP contribution is -2.26. The third-order valence-corrected chi connectivity index (χ3v) is 1.62. The van der Waals surface area contributed by atoms with Crippen LogP contribution in [0.2, 0.25) is 5.15 Å². The van der Waals surface area contributed by atoms with Crippen molar-refractivity contribution in [2.45, 2.75) is 0 Å². The van der Waals surface area contributed by atoms with Gasteiger partial charge >= 0.3 is 5.97 Å². The molecular formula is C7H7ClN2O3. The Hall–Kier alpha value is -1.36. The Morgan fingerprint density at radius 2 is 2.31 bits per heavy atom. The minimum Gasteiger partial charge on any atom is -0.465 e. The Bertz CT molecular complexity index is 399. The van der Waals surface area contributed by atoms with Crippen LogP contribution in [0.5, 0.6) is 0 Å². The first-order chi connectivity index (χ1) is 6.06. The van der Waals surface area contributed by atoms with E-state index in [2.05, 4.69) is 9.84 Å². The smallest absolute Gasteiger partial charge is 0.343 e. The fourth-order valence-corrected chi connectivity index (χ4v) is 1.05. The first-order valence-corrected chi connectivity index (χ1v) is 3.76. The lowest BCUT2D eigenvalue weighted by molar-refractivity contribution is 0.0597. The third-order valence-electron chi connectivity index (χ3n) is 1.44. The molecule has 0 fully saturated rings. The minimum absolute atomic E-state index is 0.0718. The lowest BCUT2D eigenvalue weighted by atomic mass is 10.3. The molecule has 6 heteroatoms. The molecule has 0 spiro atoms. The van der Waals surface area contributed by atoms with Crippen molar-refractivity contribution in [2.24, 2.45) is 7.05 Å². The standard InChI is InChI=1S/C7H7ClN2O3/c1-10-6(11)4(7(12)13-2)3-5(8)9-10/h3H,1-2H3. The molecule has 70 valence electrons. The molecule has 0 amide bonds. The van der Waals surface area contributed by atoms with Gasteiger partial charge in [0.1, 0.15) is 5.56 Å². The summed E-state index contributed by atoms with van der Waals surface area (Å²) >= 11 is 5.54. The van der Waals surface area contributed by atoms with Crippen LogP contribution in [0.4, 0.5) is 0 Å². The number of rotatable bonds is 1. The normalized spacial score (nSPS) is 9.77. The van der Waals surface area contributed by atoms with E-state index < -0.39 is 11.5 Å². The van der Waals surface area contributed by atoms with Crippen LogP contribution in [0.1, 0.15) is 10.4 Å². The predicted molar refractivity (Wildman–Crippen MR) is 45.8 cm³/mol. The summed E-state index contributed by atoms with van der Waals surface area (Å²) in [5.41, 5.74) is -0.652. The number of carbonyl (C=O) groups excluding carboxylic acids is 1. The summed E-state index contributed by atoms with van der Waals surface area (Å²) in [6, 6.07) is 1.18. The number of nitrogens with zero attached hydrogens (tertiary/aromatic N) is 2. The summed E-state index contributed by atoms with van der Waals surface area (Å²) in [4.78, 5) is 22.3. The SMILES string of the molecule is COC(=O)c1cc(Cl)nn(C)c1=O. The lowest BCUT2D eigenvalue weighted by Gasteiger charge is -2.01. The van der Waals surface area contributed by atoms with Gasteiger partial charge in [-0.25, -0.2) is 9.48 Å². The number of hydrogen-bond donors (Lipinski definition) is 0. The van der Waals surface area contributed by atoms with Gasteiger partial charge in [-0.05, 0) is 6.07 Å². The van der Waals surface area contributed by atoms with E-state index in [1.807, 2.05) is 0 Å². The Morgan fingerprint density at radius 3 is 2.85 bits per heavy atom. The largest absolute Gasteiger partial charge is 0.465 e. The number of halogens is 1. The highest BCUT2D eigenvalue weighted by molar-refractivity contribution is 6.29. The van der Waals surface area contributed by atoms with Crippen LogP contribution < -0.4 is 5.56 Å². The molecule has 0 bridgehead atoms. The number of ether oxygens (including phenoxy) is 1. The van der Waals surface area contributed by atoms with Crippen LogP contribution in [0.15, 0.2) is 10.9 Å². The highest BCUT2D eigenvalue weighted by Crippen LogP contribution is 2.03. The van der Waals surface area contributed by atoms with Gasteiger partial charge in [0.15, 0.2) is 5.15 Å². The number of carbonyl (C=O) groups is 1. The van der Waals surface area contributed by atoms with Crippen LogP contribution in [-0.2, 0) is 11.8 Å². The number of hydrogen-bond acceptors (Lipinski definition) is 4. The quantitative estimate of drug-likeness (QED) is 0.612. The third kappa shape index (κ3) is 1.86. The second kappa shape index (κ2) is 3.57. The van der Waals surface area contributed by atoms with E-state index in [0.29, 0.717) is 0 Å². The van der Waals surface area contributed by atoms with E-state index in [-0.39, 0.29) is 10.7 Å². The monoisotopic (exact) mass is 202 g/mol. The van der Waals surface area contributed by atoms with Crippen molar-refractivity contribution in [1.82, 2.24) is 9.78 Å². The average molecular weight is 203 g/mol. The van der Waals surface area contributed by atoms with Gasteiger partial charge < -0.3 is 4.74 Å². The summed E-state index contributed by atoms with van der Waals surface area (Å²) in [7, 11) is 2.59. The minimum atomic E-state index is -0.718. The molecule has 0 unspecified atom stereocenters. The molecule has 1 rings (SSSR count). The molecule has 0 saturated carbocycles. The van der Waals surface area contributed by atoms with Gasteiger partial charge in [-0.1, -0.05) is 11.6 Å². The highest BCUT2D eigenvalue weighted by Gasteiger charge is 2.13. The fraction of sp³-hybridized carbons (Fsp3) is 0.286. The van der Waals surface area contributed by atoms with Crippen LogP contribution in [0.3, 0.4) is 0 Å². The van der Waals surface area contributed by atoms with Gasteiger partial charge in [-0.2, -0.15) is 5.10 Å². The Balaban J connectivity index is 3.37. The van der Waals surface area contributed by atoms with Gasteiger partial charge in [-0.3, -0.25) is 4.79 Å². The molecule has 1 heterocycles. The molecule has 0 aromatic carbocycles. The molecular weight excluding hydrogens is 196 g/mol. The first kappa shape index (κ1) is 9.73. The second-order valence-electron chi connectivity index (χ2n) is 2.30. The van der Waals surface area contributed by atoms with Crippen LogP contribution in [0, 0.1) is 0 Å². The summed E-state index contributed by atoms with van der Waals surface area (Å²) in [5, 5.41) is 3.68. The van der Waals surface area contributed by atoms with E-state index in [4.69, 9.17) is 11.6 Å². The summed E-state index contributed by atoms with van der Waals surface area (Å²) in [5.74, 6) is -0.718. The van der Waals surface area contributed by atoms with E-state index in [0.717, 1.165) is 4.68 Å². The maximum absolute atomic E-state index is 11.3. The Morgan fingerprint density at radius 1 is 1.69 bits per heavy atom. The molecule has 5 nitrogen and oxygen atoms in total. The number of esters is 1. The highest BCUT2D eigenvalue weighted by atomic mass is 35.5. The Kier molecular flexibility index (Phi) is 2.67. The van der Waals surface area contributed by atoms with E-state index >= 15 is 0 Å². The van der Waals surface area contributed by atoms with Gasteiger partial charge in [0, 0.05) is 7.05 Å². The molecule has 0 N–H and O–H groups in total. The molecule has 0 aliphatic rings. The Labute approximate surface area is 78.9 Å². The van der Waals surface area contributed by atoms with Crippen molar-refractivity contribution >= 4 is 17.6 Å². The zero-order valence-electron chi connectivity index (χ0n) is 7.07. The van der Waals surface area contributed by atoms with Crippen molar-refractivity contribution in [3.8, 4) is 0 Å². The maximum atomic E-state index is 11.3. The fourth-order valence-electron chi connectivity index (χ4n) is 0.829. The predicted octanol–water partition coefficient (Wildman–Crippen LogP) is 0.220. The topological polar surface area (TPSA) is 61.2 Å². The molecule has 0 atom stereocenters. The first-order valence-electron chi connectivity index (χ1n) is 3.38. The molecule has 1 aromatic heterocycles. The zero-order valence-corrected chi connectivity index (χ0v) is 7.83. The molecule has 0 radical (unpaired) electrons. The van der Waals surface area contributed by atoms with Crippen LogP contribution >= 0.6 is 11.6 Å². The van der Waals surface area contributed by atoms with E-state index in [1.54, 1.807) is 0 Å². The van der Waals surface area contributed by atoms with Crippen molar-refractivity contribution in [1.29, 1.82) is 0 Å². The molecule has 0 aliphatic heterocycles. The van der Waals surface area contributed by atoms with Crippen LogP contribution in [0.25, 0.3) is 0 Å². The summed E-state index contributed by atoms with van der Waals surface area (Å²) in [6.45, 7) is 0. The molecule has 0 aliphatic carbocycles. The zero-order chi connectivity index (χ0) is 10.0. The van der Waals surface area contributed by atoms with Crippen molar-refractivity contribution in [3.05, 3.63) is 27.1 Å². The molecule has 0 saturated heterocycles. The number of aryl methyl sites for hydroxylation is 1. The average Bonchev–Trinajstić information content (AvgIpc) is 2.10. The van der Waals surface area contributed by atoms with Crippen LogP contribution in [-0.4, -0.2) is 22.9 Å². The number of methoxy groups -OCH3 is 1. The maximum Gasteiger partial charge on any atom is 0.343 e. The van der Waals surface area contributed by atoms with Crippen molar-refractivity contribution in [2.75, 3.05) is 7.11 Å². The molecule has 13 heavy (non-hydrogen) atoms. The molecule has 1 aromatic rings. The van der Waals surface area contributed by atoms with Crippen molar-refractivity contribution in [3.63, 3.8) is 0 Å². The van der Waals surface area contributed by atoms with E-state index in [1.165, 1.54) is 20.2 Å². The number of aromatic nitrogens is 2. The summed E-state index contributed by atoms with van der Waals surface area (Å²) < 4.78 is 5.37. The van der Waals surface area contributed by atoms with Gasteiger partial charge in [-0.15, -0.1) is 0 Å². The summed E-state index contributed by atoms with van der Waals surface area (Å²) in [6.07, 6.45) is 0. The van der Waals surface area contributed by atoms with Crippen molar-refractivity contribution < 1.29 is 9.53 Å². The van der Waals surface area contributed by atoms with Gasteiger partial charge in [0.25, 0.3) is 5.56 Å².